The molecule has 0 saturated carbocycles. The maximum Gasteiger partial charge on any atom is 0.254 e. The van der Waals surface area contributed by atoms with Gasteiger partial charge in [0, 0.05) is 42.9 Å². The first-order valence-corrected chi connectivity index (χ1v) is 11.2. The van der Waals surface area contributed by atoms with Crippen LogP contribution >= 0.6 is 0 Å². The number of nitrogens with one attached hydrogen (secondary N) is 2. The fourth-order valence-corrected chi connectivity index (χ4v) is 3.62. The molecule has 1 aromatic heterocycles. The number of benzene rings is 3. The second kappa shape index (κ2) is 11.2. The monoisotopic (exact) mass is 474 g/mol. The van der Waals surface area contributed by atoms with E-state index in [9.17, 15) is 18.4 Å². The molecular formula is C27H24F2N4O2. The third kappa shape index (κ3) is 6.38. The number of carbonyl (C=O) groups excluding carboxylic acids is 2. The highest BCUT2D eigenvalue weighted by atomic mass is 19.1. The summed E-state index contributed by atoms with van der Waals surface area (Å²) >= 11 is 0. The highest BCUT2D eigenvalue weighted by Crippen LogP contribution is 2.22. The number of aromatic nitrogens is 2. The van der Waals surface area contributed by atoms with Crippen molar-refractivity contribution < 1.29 is 18.4 Å². The van der Waals surface area contributed by atoms with Crippen molar-refractivity contribution >= 4 is 11.8 Å². The van der Waals surface area contributed by atoms with Crippen molar-refractivity contribution in [3.05, 3.63) is 113 Å². The van der Waals surface area contributed by atoms with Gasteiger partial charge in [0.1, 0.15) is 11.6 Å². The first-order chi connectivity index (χ1) is 17.0. The standard InChI is InChI=1S/C27H24F2N4O2/c28-22-11-12-23(24(29)15-22)27(35)30-14-13-25(34)31-16-21-18-33(17-19-7-3-1-4-8-19)32-26(21)20-9-5-2-6-10-20/h1-12,15,18H,13-14,16-17H2,(H,30,35)(H,31,34). The van der Waals surface area contributed by atoms with Crippen molar-refractivity contribution in [3.63, 3.8) is 0 Å². The summed E-state index contributed by atoms with van der Waals surface area (Å²) in [5.41, 5.74) is 3.42. The summed E-state index contributed by atoms with van der Waals surface area (Å²) < 4.78 is 28.6. The van der Waals surface area contributed by atoms with Crippen LogP contribution in [-0.2, 0) is 17.9 Å². The van der Waals surface area contributed by atoms with Gasteiger partial charge >= 0.3 is 0 Å². The van der Waals surface area contributed by atoms with Crippen LogP contribution in [0.15, 0.2) is 85.1 Å². The summed E-state index contributed by atoms with van der Waals surface area (Å²) in [6.07, 6.45) is 1.92. The van der Waals surface area contributed by atoms with Crippen molar-refractivity contribution in [3.8, 4) is 11.3 Å². The van der Waals surface area contributed by atoms with Crippen LogP contribution in [0.5, 0.6) is 0 Å². The van der Waals surface area contributed by atoms with E-state index in [1.807, 2.05) is 71.5 Å². The molecule has 4 aromatic rings. The van der Waals surface area contributed by atoms with Gasteiger partial charge in [0.25, 0.3) is 5.91 Å². The maximum atomic E-state index is 13.7. The lowest BCUT2D eigenvalue weighted by Crippen LogP contribution is -2.31. The van der Waals surface area contributed by atoms with Crippen LogP contribution in [0, 0.1) is 11.6 Å². The summed E-state index contributed by atoms with van der Waals surface area (Å²) in [6.45, 7) is 0.874. The molecule has 0 radical (unpaired) electrons. The van der Waals surface area contributed by atoms with Crippen LogP contribution in [0.2, 0.25) is 0 Å². The second-order valence-corrected chi connectivity index (χ2v) is 7.96. The number of halogens is 2. The lowest BCUT2D eigenvalue weighted by molar-refractivity contribution is -0.121. The number of nitrogens with zero attached hydrogens (tertiary/aromatic N) is 2. The van der Waals surface area contributed by atoms with E-state index in [-0.39, 0.29) is 31.0 Å². The van der Waals surface area contributed by atoms with Gasteiger partial charge in [0.2, 0.25) is 5.91 Å². The molecule has 0 aliphatic heterocycles. The number of hydrogen-bond donors (Lipinski definition) is 2. The quantitative estimate of drug-likeness (QED) is 0.380. The third-order valence-electron chi connectivity index (χ3n) is 5.36. The molecule has 0 aliphatic carbocycles. The van der Waals surface area contributed by atoms with Gasteiger partial charge in [-0.1, -0.05) is 60.7 Å². The Labute approximate surface area is 201 Å². The molecule has 1 heterocycles. The molecule has 35 heavy (non-hydrogen) atoms. The molecule has 4 rings (SSSR count). The molecule has 8 heteroatoms. The minimum Gasteiger partial charge on any atom is -0.352 e. The first kappa shape index (κ1) is 23.8. The molecule has 0 unspecified atom stereocenters. The van der Waals surface area contributed by atoms with Gasteiger partial charge < -0.3 is 10.6 Å². The molecule has 0 spiro atoms. The summed E-state index contributed by atoms with van der Waals surface area (Å²) in [5, 5.41) is 10.1. The van der Waals surface area contributed by atoms with Gasteiger partial charge in [-0.15, -0.1) is 0 Å². The van der Waals surface area contributed by atoms with Gasteiger partial charge in [0.15, 0.2) is 0 Å². The molecule has 0 atom stereocenters. The van der Waals surface area contributed by atoms with Crippen molar-refractivity contribution in [2.45, 2.75) is 19.5 Å². The molecule has 0 aliphatic rings. The molecule has 3 aromatic carbocycles. The summed E-state index contributed by atoms with van der Waals surface area (Å²) in [4.78, 5) is 24.5. The Kier molecular flexibility index (Phi) is 7.62. The van der Waals surface area contributed by atoms with Crippen molar-refractivity contribution in [2.75, 3.05) is 6.54 Å². The molecule has 0 saturated heterocycles. The third-order valence-corrected chi connectivity index (χ3v) is 5.36. The zero-order chi connectivity index (χ0) is 24.6. The van der Waals surface area contributed by atoms with Crippen LogP contribution in [-0.4, -0.2) is 28.1 Å². The number of hydrogen-bond acceptors (Lipinski definition) is 3. The van der Waals surface area contributed by atoms with Crippen molar-refractivity contribution in [1.82, 2.24) is 20.4 Å². The van der Waals surface area contributed by atoms with Crippen molar-refractivity contribution in [1.29, 1.82) is 0 Å². The van der Waals surface area contributed by atoms with Crippen LogP contribution in [0.4, 0.5) is 8.78 Å². The molecule has 2 N–H and O–H groups in total. The van der Waals surface area contributed by atoms with E-state index in [2.05, 4.69) is 10.6 Å². The Morgan fingerprint density at radius 1 is 0.886 bits per heavy atom. The van der Waals surface area contributed by atoms with E-state index in [0.717, 1.165) is 34.5 Å². The maximum absolute atomic E-state index is 13.7. The lowest BCUT2D eigenvalue weighted by Gasteiger charge is -2.08. The van der Waals surface area contributed by atoms with E-state index in [1.165, 1.54) is 0 Å². The molecule has 0 fully saturated rings. The topological polar surface area (TPSA) is 76.0 Å². The Balaban J connectivity index is 1.36. The summed E-state index contributed by atoms with van der Waals surface area (Å²) in [6, 6.07) is 22.4. The largest absolute Gasteiger partial charge is 0.352 e. The normalized spacial score (nSPS) is 10.7. The molecule has 178 valence electrons. The smallest absolute Gasteiger partial charge is 0.254 e. The van der Waals surface area contributed by atoms with E-state index >= 15 is 0 Å². The number of carbonyl (C=O) groups is 2. The molecular weight excluding hydrogens is 450 g/mol. The minimum atomic E-state index is -0.951. The number of rotatable bonds is 9. The first-order valence-electron chi connectivity index (χ1n) is 11.2. The van der Waals surface area contributed by atoms with E-state index in [0.29, 0.717) is 12.6 Å². The van der Waals surface area contributed by atoms with Crippen LogP contribution in [0.3, 0.4) is 0 Å². The zero-order valence-electron chi connectivity index (χ0n) is 18.9. The van der Waals surface area contributed by atoms with Gasteiger partial charge in [-0.3, -0.25) is 14.3 Å². The van der Waals surface area contributed by atoms with Gasteiger partial charge in [-0.2, -0.15) is 5.10 Å². The lowest BCUT2D eigenvalue weighted by atomic mass is 10.1. The molecule has 2 amide bonds. The SMILES string of the molecule is O=C(CCNC(=O)c1ccc(F)cc1F)NCc1cn(Cc2ccccc2)nc1-c1ccccc1. The molecule has 0 bridgehead atoms. The minimum absolute atomic E-state index is 0.00732. The highest BCUT2D eigenvalue weighted by Gasteiger charge is 2.14. The Hall–Kier alpha value is -4.33. The van der Waals surface area contributed by atoms with E-state index in [4.69, 9.17) is 5.10 Å². The van der Waals surface area contributed by atoms with Gasteiger partial charge in [0.05, 0.1) is 17.8 Å². The summed E-state index contributed by atoms with van der Waals surface area (Å²) in [7, 11) is 0. The highest BCUT2D eigenvalue weighted by molar-refractivity contribution is 5.94. The Bertz CT molecular complexity index is 1310. The predicted octanol–water partition coefficient (Wildman–Crippen LogP) is 4.31. The average molecular weight is 475 g/mol. The van der Waals surface area contributed by atoms with Gasteiger partial charge in [-0.25, -0.2) is 8.78 Å². The fourth-order valence-electron chi connectivity index (χ4n) is 3.62. The van der Waals surface area contributed by atoms with Crippen LogP contribution in [0.1, 0.15) is 27.9 Å². The summed E-state index contributed by atoms with van der Waals surface area (Å²) in [5.74, 6) is -2.70. The van der Waals surface area contributed by atoms with Crippen molar-refractivity contribution in [2.24, 2.45) is 0 Å². The Morgan fingerprint density at radius 3 is 2.31 bits per heavy atom. The Morgan fingerprint density at radius 2 is 1.60 bits per heavy atom. The molecule has 6 nitrogen and oxygen atoms in total. The average Bonchev–Trinajstić information content (AvgIpc) is 3.26. The zero-order valence-corrected chi connectivity index (χ0v) is 18.9. The van der Waals surface area contributed by atoms with E-state index < -0.39 is 17.5 Å². The fraction of sp³-hybridized carbons (Fsp3) is 0.148. The van der Waals surface area contributed by atoms with Crippen LogP contribution in [0.25, 0.3) is 11.3 Å². The van der Waals surface area contributed by atoms with Gasteiger partial charge in [-0.05, 0) is 17.7 Å². The predicted molar refractivity (Wildman–Crippen MR) is 128 cm³/mol. The number of amides is 2. The van der Waals surface area contributed by atoms with Crippen LogP contribution < -0.4 is 10.6 Å². The second-order valence-electron chi connectivity index (χ2n) is 7.96. The van der Waals surface area contributed by atoms with E-state index in [1.54, 1.807) is 0 Å².